The van der Waals surface area contributed by atoms with E-state index in [0.29, 0.717) is 18.7 Å². The van der Waals surface area contributed by atoms with Crippen molar-refractivity contribution in [2.24, 2.45) is 0 Å². The molecule has 6 heteroatoms. The smallest absolute Gasteiger partial charge is 0.407 e. The van der Waals surface area contributed by atoms with Crippen molar-refractivity contribution < 1.29 is 13.9 Å². The Morgan fingerprint density at radius 3 is 2.65 bits per heavy atom. The van der Waals surface area contributed by atoms with Crippen LogP contribution in [0.5, 0.6) is 0 Å². The number of ether oxygens (including phenoxy) is 1. The monoisotopic (exact) mass is 386 g/mol. The molecular formula is C17H24BrFN2O2. The lowest BCUT2D eigenvalue weighted by atomic mass is 10.1. The Labute approximate surface area is 145 Å². The van der Waals surface area contributed by atoms with Gasteiger partial charge in [0.1, 0.15) is 11.4 Å². The second-order valence-electron chi connectivity index (χ2n) is 6.15. The van der Waals surface area contributed by atoms with Crippen LogP contribution in [-0.4, -0.2) is 24.8 Å². The van der Waals surface area contributed by atoms with Crippen LogP contribution in [0.2, 0.25) is 0 Å². The Hall–Kier alpha value is -1.40. The van der Waals surface area contributed by atoms with Crippen molar-refractivity contribution >= 4 is 22.0 Å². The van der Waals surface area contributed by atoms with E-state index in [9.17, 15) is 9.18 Å². The number of benzene rings is 1. The van der Waals surface area contributed by atoms with Gasteiger partial charge in [-0.2, -0.15) is 0 Å². The lowest BCUT2D eigenvalue weighted by Gasteiger charge is -2.19. The molecule has 0 heterocycles. The maximum absolute atomic E-state index is 13.7. The van der Waals surface area contributed by atoms with E-state index in [0.717, 1.165) is 4.47 Å². The van der Waals surface area contributed by atoms with Crippen molar-refractivity contribution in [1.82, 2.24) is 10.6 Å². The second-order valence-corrected chi connectivity index (χ2v) is 7.07. The van der Waals surface area contributed by atoms with E-state index in [2.05, 4.69) is 26.6 Å². The summed E-state index contributed by atoms with van der Waals surface area (Å²) in [6, 6.07) is 4.77. The fraction of sp³-hybridized carbons (Fsp3) is 0.471. The Balaban J connectivity index is 2.31. The lowest BCUT2D eigenvalue weighted by molar-refractivity contribution is 0.0534. The van der Waals surface area contributed by atoms with Gasteiger partial charge in [0.2, 0.25) is 0 Å². The number of carbonyl (C=O) groups excluding carboxylic acids is 1. The Morgan fingerprint density at radius 2 is 2.00 bits per heavy atom. The summed E-state index contributed by atoms with van der Waals surface area (Å²) in [6.45, 7) is 8.30. The van der Waals surface area contributed by atoms with E-state index in [4.69, 9.17) is 4.74 Å². The van der Waals surface area contributed by atoms with Crippen molar-refractivity contribution in [3.05, 3.63) is 46.2 Å². The van der Waals surface area contributed by atoms with Crippen LogP contribution >= 0.6 is 15.9 Å². The maximum atomic E-state index is 13.7. The maximum Gasteiger partial charge on any atom is 0.407 e. The number of hydrogen-bond acceptors (Lipinski definition) is 3. The normalized spacial score (nSPS) is 13.1. The second kappa shape index (κ2) is 9.03. The summed E-state index contributed by atoms with van der Waals surface area (Å²) in [7, 11) is 0. The molecule has 1 amide bonds. The highest BCUT2D eigenvalue weighted by atomic mass is 79.9. The zero-order chi connectivity index (χ0) is 17.5. The molecule has 1 unspecified atom stereocenters. The van der Waals surface area contributed by atoms with Crippen molar-refractivity contribution in [2.45, 2.75) is 39.3 Å². The Morgan fingerprint density at radius 1 is 1.35 bits per heavy atom. The van der Waals surface area contributed by atoms with Crippen LogP contribution in [0.25, 0.3) is 0 Å². The third-order valence-electron chi connectivity index (χ3n) is 2.90. The fourth-order valence-electron chi connectivity index (χ4n) is 1.82. The van der Waals surface area contributed by atoms with E-state index >= 15 is 0 Å². The third kappa shape index (κ3) is 8.13. The van der Waals surface area contributed by atoms with Gasteiger partial charge >= 0.3 is 6.09 Å². The van der Waals surface area contributed by atoms with Gasteiger partial charge in [0.15, 0.2) is 0 Å². The highest BCUT2D eigenvalue weighted by Crippen LogP contribution is 2.21. The summed E-state index contributed by atoms with van der Waals surface area (Å²) in [5.74, 6) is -0.233. The van der Waals surface area contributed by atoms with Crippen LogP contribution in [0.4, 0.5) is 9.18 Å². The van der Waals surface area contributed by atoms with E-state index in [-0.39, 0.29) is 11.9 Å². The third-order valence-corrected chi connectivity index (χ3v) is 3.39. The van der Waals surface area contributed by atoms with Crippen LogP contribution in [0.15, 0.2) is 34.8 Å². The molecular weight excluding hydrogens is 363 g/mol. The molecule has 0 fully saturated rings. The Kier molecular flexibility index (Phi) is 7.72. The van der Waals surface area contributed by atoms with Gasteiger partial charge in [0, 0.05) is 29.2 Å². The number of carbonyl (C=O) groups is 1. The summed E-state index contributed by atoms with van der Waals surface area (Å²) in [4.78, 5) is 11.4. The topological polar surface area (TPSA) is 50.4 Å². The molecule has 0 spiro atoms. The molecule has 1 atom stereocenters. The molecule has 0 aliphatic heterocycles. The molecule has 2 N–H and O–H groups in total. The van der Waals surface area contributed by atoms with E-state index in [1.807, 2.05) is 39.8 Å². The van der Waals surface area contributed by atoms with Crippen LogP contribution in [-0.2, 0) is 4.74 Å². The molecule has 0 aliphatic carbocycles. The van der Waals surface area contributed by atoms with Gasteiger partial charge < -0.3 is 15.4 Å². The molecule has 0 saturated carbocycles. The standard InChI is InChI=1S/C17H24BrFN2O2/c1-12(14-11-13(18)7-8-15(14)19)20-9-5-6-10-21-16(22)23-17(2,3)4/h5-8,11-12,20H,9-10H2,1-4H3,(H,21,22)/b6-5+. The van der Waals surface area contributed by atoms with Gasteiger partial charge in [0.25, 0.3) is 0 Å². The number of halogens is 2. The molecule has 0 bridgehead atoms. The average molecular weight is 387 g/mol. The molecule has 23 heavy (non-hydrogen) atoms. The number of nitrogens with one attached hydrogen (secondary N) is 2. The highest BCUT2D eigenvalue weighted by Gasteiger charge is 2.15. The first-order chi connectivity index (χ1) is 10.7. The van der Waals surface area contributed by atoms with Gasteiger partial charge in [-0.1, -0.05) is 28.1 Å². The van der Waals surface area contributed by atoms with Gasteiger partial charge in [-0.3, -0.25) is 0 Å². The molecule has 1 rings (SSSR count). The highest BCUT2D eigenvalue weighted by molar-refractivity contribution is 9.10. The van der Waals surface area contributed by atoms with E-state index < -0.39 is 11.7 Å². The molecule has 1 aromatic carbocycles. The SMILES string of the molecule is CC(NC/C=C/CNC(=O)OC(C)(C)C)c1cc(Br)ccc1F. The van der Waals surface area contributed by atoms with Crippen molar-refractivity contribution in [1.29, 1.82) is 0 Å². The molecule has 128 valence electrons. The quantitative estimate of drug-likeness (QED) is 0.715. The zero-order valence-electron chi connectivity index (χ0n) is 14.0. The van der Waals surface area contributed by atoms with Gasteiger partial charge in [-0.05, 0) is 45.9 Å². The largest absolute Gasteiger partial charge is 0.444 e. The summed E-state index contributed by atoms with van der Waals surface area (Å²) in [5.41, 5.74) is 0.110. The van der Waals surface area contributed by atoms with Gasteiger partial charge in [0.05, 0.1) is 0 Å². The number of hydrogen-bond donors (Lipinski definition) is 2. The number of alkyl carbamates (subject to hydrolysis) is 1. The molecule has 1 aromatic rings. The van der Waals surface area contributed by atoms with E-state index in [1.54, 1.807) is 12.1 Å². The summed E-state index contributed by atoms with van der Waals surface area (Å²) >= 11 is 3.34. The van der Waals surface area contributed by atoms with Crippen molar-refractivity contribution in [3.63, 3.8) is 0 Å². The minimum Gasteiger partial charge on any atom is -0.444 e. The lowest BCUT2D eigenvalue weighted by Crippen LogP contribution is -2.32. The van der Waals surface area contributed by atoms with Gasteiger partial charge in [-0.15, -0.1) is 0 Å². The van der Waals surface area contributed by atoms with Gasteiger partial charge in [-0.25, -0.2) is 9.18 Å². The van der Waals surface area contributed by atoms with Crippen LogP contribution in [0, 0.1) is 5.82 Å². The molecule has 0 aliphatic rings. The average Bonchev–Trinajstić information content (AvgIpc) is 2.43. The molecule has 0 saturated heterocycles. The fourth-order valence-corrected chi connectivity index (χ4v) is 2.20. The minimum absolute atomic E-state index is 0.115. The van der Waals surface area contributed by atoms with Crippen LogP contribution in [0.1, 0.15) is 39.3 Å². The zero-order valence-corrected chi connectivity index (χ0v) is 15.5. The summed E-state index contributed by atoms with van der Waals surface area (Å²) in [6.07, 6.45) is 3.25. The predicted octanol–water partition coefficient (Wildman–Crippen LogP) is 4.32. The number of amides is 1. The van der Waals surface area contributed by atoms with E-state index in [1.165, 1.54) is 6.07 Å². The van der Waals surface area contributed by atoms with Crippen LogP contribution < -0.4 is 10.6 Å². The minimum atomic E-state index is -0.501. The summed E-state index contributed by atoms with van der Waals surface area (Å²) < 4.78 is 19.7. The predicted molar refractivity (Wildman–Crippen MR) is 93.9 cm³/mol. The molecule has 0 aromatic heterocycles. The first kappa shape index (κ1) is 19.6. The number of rotatable bonds is 6. The summed E-state index contributed by atoms with van der Waals surface area (Å²) in [5, 5.41) is 5.84. The Bertz CT molecular complexity index is 556. The molecule has 0 radical (unpaired) electrons. The van der Waals surface area contributed by atoms with Crippen molar-refractivity contribution in [3.8, 4) is 0 Å². The molecule has 4 nitrogen and oxygen atoms in total. The first-order valence-corrected chi connectivity index (χ1v) is 8.28. The first-order valence-electron chi connectivity index (χ1n) is 7.49. The van der Waals surface area contributed by atoms with Crippen molar-refractivity contribution in [2.75, 3.05) is 13.1 Å². The van der Waals surface area contributed by atoms with Crippen LogP contribution in [0.3, 0.4) is 0 Å².